The van der Waals surface area contributed by atoms with Crippen LogP contribution in [0.15, 0.2) is 18.2 Å². The molecule has 5 rings (SSSR count). The van der Waals surface area contributed by atoms with E-state index in [0.29, 0.717) is 18.7 Å². The van der Waals surface area contributed by atoms with Crippen molar-refractivity contribution in [2.24, 2.45) is 0 Å². The standard InChI is InChI=1S/C27H40N4O5/c32-17-24-26-22(15-20(35-24)16-25(33)28-10-13-31-11-4-1-5-12-31)21-14-19(8-9-23(21)36-26)30-27(34)29-18-6-2-3-7-18/h8-9,14,18,20,22,24,26,32H,1-7,10-13,15-17H2,(H,28,33)(H2,29,30,34)/t20-,22-,24+,26+/m1/s1. The Morgan fingerprint density at radius 3 is 2.67 bits per heavy atom. The minimum absolute atomic E-state index is 0.00306. The number of nitrogens with zero attached hydrogens (tertiary/aromatic N) is 1. The first-order valence-corrected chi connectivity index (χ1v) is 13.7. The molecule has 1 aromatic carbocycles. The Hall–Kier alpha value is -2.36. The lowest BCUT2D eigenvalue weighted by Gasteiger charge is -2.37. The van der Waals surface area contributed by atoms with Gasteiger partial charge in [0.05, 0.1) is 19.1 Å². The molecule has 9 heteroatoms. The number of hydrogen-bond donors (Lipinski definition) is 4. The Morgan fingerprint density at radius 2 is 1.89 bits per heavy atom. The van der Waals surface area contributed by atoms with E-state index in [-0.39, 0.29) is 49.1 Å². The Labute approximate surface area is 213 Å². The first kappa shape index (κ1) is 25.3. The van der Waals surface area contributed by atoms with Crippen molar-refractivity contribution in [2.45, 2.75) is 88.1 Å². The van der Waals surface area contributed by atoms with E-state index in [9.17, 15) is 14.7 Å². The maximum absolute atomic E-state index is 12.6. The quantitative estimate of drug-likeness (QED) is 0.437. The molecule has 198 valence electrons. The highest BCUT2D eigenvalue weighted by Gasteiger charge is 2.46. The number of aliphatic hydroxyl groups excluding tert-OH is 1. The van der Waals surface area contributed by atoms with Crippen LogP contribution in [0, 0.1) is 0 Å². The molecule has 0 radical (unpaired) electrons. The van der Waals surface area contributed by atoms with Gasteiger partial charge in [0.1, 0.15) is 18.0 Å². The second-order valence-corrected chi connectivity index (χ2v) is 10.7. The van der Waals surface area contributed by atoms with Gasteiger partial charge in [0.15, 0.2) is 0 Å². The lowest BCUT2D eigenvalue weighted by Crippen LogP contribution is -2.47. The number of benzene rings is 1. The number of piperidine rings is 1. The van der Waals surface area contributed by atoms with Crippen molar-refractivity contribution in [1.29, 1.82) is 0 Å². The van der Waals surface area contributed by atoms with Crippen LogP contribution in [0.3, 0.4) is 0 Å². The van der Waals surface area contributed by atoms with Crippen LogP contribution < -0.4 is 20.7 Å². The zero-order valence-corrected chi connectivity index (χ0v) is 21.0. The molecule has 0 bridgehead atoms. The summed E-state index contributed by atoms with van der Waals surface area (Å²) in [5, 5.41) is 19.0. The number of hydrogen-bond acceptors (Lipinski definition) is 6. The van der Waals surface area contributed by atoms with Gasteiger partial charge in [-0.05, 0) is 63.4 Å². The number of urea groups is 1. The Morgan fingerprint density at radius 1 is 1.08 bits per heavy atom. The van der Waals surface area contributed by atoms with Gasteiger partial charge in [-0.2, -0.15) is 0 Å². The van der Waals surface area contributed by atoms with Gasteiger partial charge < -0.3 is 35.4 Å². The summed E-state index contributed by atoms with van der Waals surface area (Å²) < 4.78 is 12.2. The minimum Gasteiger partial charge on any atom is -0.487 e. The molecule has 9 nitrogen and oxygen atoms in total. The number of carbonyl (C=O) groups is 2. The van der Waals surface area contributed by atoms with Crippen molar-refractivity contribution in [1.82, 2.24) is 15.5 Å². The fourth-order valence-corrected chi connectivity index (χ4v) is 6.21. The highest BCUT2D eigenvalue weighted by Crippen LogP contribution is 2.47. The fraction of sp³-hybridized carbons (Fsp3) is 0.704. The van der Waals surface area contributed by atoms with Crippen molar-refractivity contribution < 1.29 is 24.2 Å². The summed E-state index contributed by atoms with van der Waals surface area (Å²) in [4.78, 5) is 27.5. The monoisotopic (exact) mass is 500 g/mol. The third-order valence-corrected chi connectivity index (χ3v) is 8.06. The van der Waals surface area contributed by atoms with Gasteiger partial charge in [-0.15, -0.1) is 0 Å². The van der Waals surface area contributed by atoms with Crippen LogP contribution in [0.5, 0.6) is 5.75 Å². The summed E-state index contributed by atoms with van der Waals surface area (Å²) in [5.74, 6) is 0.724. The van der Waals surface area contributed by atoms with Gasteiger partial charge in [-0.1, -0.05) is 19.3 Å². The highest BCUT2D eigenvalue weighted by atomic mass is 16.6. The van der Waals surface area contributed by atoms with E-state index in [0.717, 1.165) is 56.6 Å². The molecule has 4 aliphatic rings. The Balaban J connectivity index is 1.17. The van der Waals surface area contributed by atoms with Crippen LogP contribution in [-0.2, 0) is 9.53 Å². The predicted molar refractivity (Wildman–Crippen MR) is 136 cm³/mol. The molecule has 36 heavy (non-hydrogen) atoms. The lowest BCUT2D eigenvalue weighted by molar-refractivity contribution is -0.142. The predicted octanol–water partition coefficient (Wildman–Crippen LogP) is 2.74. The molecular weight excluding hydrogens is 460 g/mol. The zero-order chi connectivity index (χ0) is 24.9. The van der Waals surface area contributed by atoms with Crippen LogP contribution in [0.1, 0.15) is 69.3 Å². The minimum atomic E-state index is -0.496. The van der Waals surface area contributed by atoms with E-state index < -0.39 is 6.10 Å². The van der Waals surface area contributed by atoms with E-state index in [1.165, 1.54) is 19.3 Å². The smallest absolute Gasteiger partial charge is 0.319 e. The van der Waals surface area contributed by atoms with Crippen LogP contribution in [0.2, 0.25) is 0 Å². The summed E-state index contributed by atoms with van der Waals surface area (Å²) >= 11 is 0. The van der Waals surface area contributed by atoms with Crippen molar-refractivity contribution >= 4 is 17.6 Å². The molecule has 0 unspecified atom stereocenters. The molecule has 3 fully saturated rings. The van der Waals surface area contributed by atoms with Crippen molar-refractivity contribution in [3.8, 4) is 5.75 Å². The molecule has 0 aromatic heterocycles. The van der Waals surface area contributed by atoms with E-state index in [4.69, 9.17) is 9.47 Å². The number of rotatable bonds is 8. The number of fused-ring (bicyclic) bond motifs is 3. The fourth-order valence-electron chi connectivity index (χ4n) is 6.21. The molecule has 3 heterocycles. The van der Waals surface area contributed by atoms with Crippen molar-refractivity contribution in [3.63, 3.8) is 0 Å². The number of amides is 3. The summed E-state index contributed by atoms with van der Waals surface area (Å²) in [6, 6.07) is 5.74. The molecule has 4 N–H and O–H groups in total. The largest absolute Gasteiger partial charge is 0.487 e. The second kappa shape index (κ2) is 11.8. The molecule has 1 aromatic rings. The number of nitrogens with one attached hydrogen (secondary N) is 3. The van der Waals surface area contributed by atoms with E-state index >= 15 is 0 Å². The average molecular weight is 501 g/mol. The first-order chi connectivity index (χ1) is 17.6. The summed E-state index contributed by atoms with van der Waals surface area (Å²) in [6.07, 6.45) is 7.96. The van der Waals surface area contributed by atoms with Gasteiger partial charge in [0.2, 0.25) is 5.91 Å². The average Bonchev–Trinajstić information content (AvgIpc) is 3.52. The molecule has 2 saturated heterocycles. The summed E-state index contributed by atoms with van der Waals surface area (Å²) in [7, 11) is 0. The number of ether oxygens (including phenoxy) is 2. The SMILES string of the molecule is O=C(C[C@H]1C[C@@H]2c3cc(NC(=O)NC4CCCC4)ccc3O[C@@H]2[C@H](CO)O1)NCCN1CCCCC1. The third-order valence-electron chi connectivity index (χ3n) is 8.06. The molecular formula is C27H40N4O5. The highest BCUT2D eigenvalue weighted by molar-refractivity contribution is 5.89. The maximum atomic E-state index is 12.6. The first-order valence-electron chi connectivity index (χ1n) is 13.7. The second-order valence-electron chi connectivity index (χ2n) is 10.7. The van der Waals surface area contributed by atoms with E-state index in [2.05, 4.69) is 20.9 Å². The third kappa shape index (κ3) is 6.12. The Kier molecular flexibility index (Phi) is 8.29. The topological polar surface area (TPSA) is 112 Å². The normalized spacial score (nSPS) is 28.1. The van der Waals surface area contributed by atoms with E-state index in [1.807, 2.05) is 18.2 Å². The van der Waals surface area contributed by atoms with Crippen LogP contribution >= 0.6 is 0 Å². The zero-order valence-electron chi connectivity index (χ0n) is 21.0. The maximum Gasteiger partial charge on any atom is 0.319 e. The lowest BCUT2D eigenvalue weighted by atomic mass is 9.84. The number of anilines is 1. The number of carbonyl (C=O) groups excluding carboxylic acids is 2. The molecule has 0 spiro atoms. The summed E-state index contributed by atoms with van der Waals surface area (Å²) in [6.45, 7) is 3.58. The molecule has 1 saturated carbocycles. The van der Waals surface area contributed by atoms with Crippen LogP contribution in [0.25, 0.3) is 0 Å². The molecule has 3 amide bonds. The number of likely N-dealkylation sites (tertiary alicyclic amines) is 1. The molecule has 3 aliphatic heterocycles. The van der Waals surface area contributed by atoms with Gasteiger partial charge in [0.25, 0.3) is 0 Å². The van der Waals surface area contributed by atoms with Crippen molar-refractivity contribution in [2.75, 3.05) is 38.1 Å². The number of aliphatic hydroxyl groups is 1. The summed E-state index contributed by atoms with van der Waals surface area (Å²) in [5.41, 5.74) is 1.71. The van der Waals surface area contributed by atoms with E-state index in [1.54, 1.807) is 0 Å². The Bertz CT molecular complexity index is 915. The molecule has 1 aliphatic carbocycles. The van der Waals surface area contributed by atoms with Crippen LogP contribution in [-0.4, -0.2) is 79.1 Å². The van der Waals surface area contributed by atoms with Crippen molar-refractivity contribution in [3.05, 3.63) is 23.8 Å². The molecule has 4 atom stereocenters. The van der Waals surface area contributed by atoms with Gasteiger partial charge in [-0.25, -0.2) is 4.79 Å². The van der Waals surface area contributed by atoms with Gasteiger partial charge >= 0.3 is 6.03 Å². The van der Waals surface area contributed by atoms with Crippen LogP contribution in [0.4, 0.5) is 10.5 Å². The van der Waals surface area contributed by atoms with Gasteiger partial charge in [-0.3, -0.25) is 4.79 Å². The van der Waals surface area contributed by atoms with Gasteiger partial charge in [0, 0.05) is 36.3 Å².